The number of likely N-dealkylation sites (tertiary alicyclic amines) is 2. The smallest absolute Gasteiger partial charge is 0.414 e. The first-order chi connectivity index (χ1) is 34.6. The number of carbonyl (C=O) groups is 6. The molecule has 2 aliphatic heterocycles. The molecule has 2 aromatic heterocycles. The molecule has 0 spiro atoms. The number of nitrogens with one attached hydrogen (secondary N) is 6. The molecule has 2 saturated heterocycles. The Balaban J connectivity index is 0.935. The average Bonchev–Trinajstić information content (AvgIpc) is 3.36. The number of rotatable bonds is 12. The summed E-state index contributed by atoms with van der Waals surface area (Å²) in [4.78, 5) is 106. The van der Waals surface area contributed by atoms with Crippen molar-refractivity contribution in [1.82, 2.24) is 61.6 Å². The maximum atomic E-state index is 13.1. The van der Waals surface area contributed by atoms with E-state index in [1.54, 1.807) is 70.5 Å². The molecule has 0 aliphatic carbocycles. The lowest BCUT2D eigenvalue weighted by atomic mass is 10.1. The zero-order valence-corrected chi connectivity index (χ0v) is 40.0. The molecule has 0 atom stereocenters. The number of urea groups is 2. The van der Waals surface area contributed by atoms with Crippen LogP contribution in [0.15, 0.2) is 82.8 Å². The van der Waals surface area contributed by atoms with Gasteiger partial charge >= 0.3 is 24.2 Å². The summed E-state index contributed by atoms with van der Waals surface area (Å²) in [6.07, 6.45) is 3.17. The second-order valence-electron chi connectivity index (χ2n) is 15.8. The second-order valence-corrected chi connectivity index (χ2v) is 16.5. The van der Waals surface area contributed by atoms with Crippen LogP contribution >= 0.6 is 23.2 Å². The van der Waals surface area contributed by atoms with Gasteiger partial charge in [-0.05, 0) is 36.8 Å². The molecule has 380 valence electrons. The van der Waals surface area contributed by atoms with Crippen LogP contribution in [0.5, 0.6) is 0 Å². The van der Waals surface area contributed by atoms with Gasteiger partial charge in [0.2, 0.25) is 11.9 Å². The van der Waals surface area contributed by atoms with Gasteiger partial charge in [0.1, 0.15) is 13.2 Å². The van der Waals surface area contributed by atoms with Crippen molar-refractivity contribution in [3.63, 3.8) is 0 Å². The topological polar surface area (TPSA) is 380 Å². The Morgan fingerprint density at radius 3 is 1.28 bits per heavy atom. The molecule has 2 aromatic carbocycles. The van der Waals surface area contributed by atoms with Crippen molar-refractivity contribution in [1.29, 1.82) is 0 Å². The lowest BCUT2D eigenvalue weighted by Gasteiger charge is -2.30. The highest BCUT2D eigenvalue weighted by molar-refractivity contribution is 6.32. The van der Waals surface area contributed by atoms with E-state index in [-0.39, 0.29) is 95.3 Å². The third kappa shape index (κ3) is 16.0. The first-order valence-corrected chi connectivity index (χ1v) is 23.0. The highest BCUT2D eigenvalue weighted by Crippen LogP contribution is 2.20. The summed E-state index contributed by atoms with van der Waals surface area (Å²) in [6, 6.07) is 16.5. The van der Waals surface area contributed by atoms with Crippen LogP contribution in [0.25, 0.3) is 0 Å². The third-order valence-corrected chi connectivity index (χ3v) is 11.2. The van der Waals surface area contributed by atoms with E-state index in [9.17, 15) is 28.8 Å². The molecule has 4 heterocycles. The van der Waals surface area contributed by atoms with Crippen LogP contribution < -0.4 is 54.8 Å². The minimum Gasteiger partial charge on any atom is -0.444 e. The highest BCUT2D eigenvalue weighted by Gasteiger charge is 2.27. The number of amides is 8. The number of halogens is 2. The first-order valence-electron chi connectivity index (χ1n) is 22.2. The largest absolute Gasteiger partial charge is 0.444 e. The van der Waals surface area contributed by atoms with Crippen molar-refractivity contribution >= 4 is 94.5 Å². The number of aromatic nitrogens is 4. The summed E-state index contributed by atoms with van der Waals surface area (Å²) in [6.45, 7) is 1.51. The number of nitrogens with zero attached hydrogens (tertiary/aromatic N) is 8. The molecule has 6 rings (SSSR count). The SMILES string of the molecule is Nc1nc(N)c(C(=O)NC(=NC2CCN(C(=O)NCC=CCNC(=O)N3CCC(N=C(NC(=O)OCc4ccccc4)NC(=O)c4nc(Cl)c(N)nc4N)CC3)CC2)NC(=O)OCc2ccccc2)nc1Cl. The van der Waals surface area contributed by atoms with Crippen molar-refractivity contribution in [3.8, 4) is 0 Å². The van der Waals surface area contributed by atoms with Crippen molar-refractivity contribution in [2.24, 2.45) is 9.98 Å². The summed E-state index contributed by atoms with van der Waals surface area (Å²) in [5.74, 6) is -3.13. The van der Waals surface area contributed by atoms with Gasteiger partial charge < -0.3 is 52.8 Å². The number of nitrogen functional groups attached to an aromatic ring is 4. The molecule has 0 saturated carbocycles. The summed E-state index contributed by atoms with van der Waals surface area (Å²) < 4.78 is 10.6. The molecule has 8 amide bonds. The number of guanidine groups is 2. The van der Waals surface area contributed by atoms with Crippen LogP contribution in [0.1, 0.15) is 57.8 Å². The number of carbonyl (C=O) groups excluding carboxylic acids is 6. The van der Waals surface area contributed by atoms with E-state index in [1.807, 2.05) is 12.1 Å². The van der Waals surface area contributed by atoms with Gasteiger partial charge in [0.15, 0.2) is 45.0 Å². The fraction of sp³-hybridized carbons (Fsp3) is 0.318. The lowest BCUT2D eigenvalue weighted by Crippen LogP contribution is -2.48. The van der Waals surface area contributed by atoms with Crippen LogP contribution in [0.3, 0.4) is 0 Å². The first kappa shape index (κ1) is 52.8. The minimum atomic E-state index is -0.889. The Morgan fingerprint density at radius 1 is 0.556 bits per heavy atom. The Bertz CT molecular complexity index is 2500. The molecule has 4 aromatic rings. The van der Waals surface area contributed by atoms with Gasteiger partial charge in [-0.25, -0.2) is 49.1 Å². The Morgan fingerprint density at radius 2 is 0.917 bits per heavy atom. The number of hydrogen-bond donors (Lipinski definition) is 10. The van der Waals surface area contributed by atoms with E-state index in [1.165, 1.54) is 0 Å². The summed E-state index contributed by atoms with van der Waals surface area (Å²) in [5.41, 5.74) is 23.8. The van der Waals surface area contributed by atoms with Crippen LogP contribution in [0.2, 0.25) is 10.3 Å². The van der Waals surface area contributed by atoms with Crippen molar-refractivity contribution in [2.75, 3.05) is 62.2 Å². The quantitative estimate of drug-likeness (QED) is 0.0554. The van der Waals surface area contributed by atoms with Gasteiger partial charge in [0.05, 0.1) is 12.1 Å². The van der Waals surface area contributed by atoms with E-state index >= 15 is 0 Å². The number of piperidine rings is 2. The van der Waals surface area contributed by atoms with Gasteiger partial charge in [-0.15, -0.1) is 0 Å². The fourth-order valence-electron chi connectivity index (χ4n) is 6.90. The summed E-state index contributed by atoms with van der Waals surface area (Å²) >= 11 is 11.9. The molecule has 0 radical (unpaired) electrons. The van der Waals surface area contributed by atoms with Crippen LogP contribution in [-0.2, 0) is 22.7 Å². The predicted molar refractivity (Wildman–Crippen MR) is 266 cm³/mol. The fourth-order valence-corrected chi connectivity index (χ4v) is 7.15. The number of anilines is 4. The molecule has 72 heavy (non-hydrogen) atoms. The van der Waals surface area contributed by atoms with Gasteiger partial charge in [-0.2, -0.15) is 0 Å². The molecular weight excluding hydrogens is 980 g/mol. The number of ether oxygens (including phenoxy) is 2. The Kier molecular flexibility index (Phi) is 19.0. The van der Waals surface area contributed by atoms with Crippen molar-refractivity contribution in [3.05, 3.63) is 106 Å². The molecule has 2 aliphatic rings. The summed E-state index contributed by atoms with van der Waals surface area (Å²) in [5, 5.41) is 15.0. The van der Waals surface area contributed by atoms with Gasteiger partial charge in [0.25, 0.3) is 11.8 Å². The van der Waals surface area contributed by atoms with Gasteiger partial charge in [-0.3, -0.25) is 30.9 Å². The number of aliphatic imine (C=N–C) groups is 2. The highest BCUT2D eigenvalue weighted by atomic mass is 35.5. The van der Waals surface area contributed by atoms with Gasteiger partial charge in [0, 0.05) is 39.3 Å². The van der Waals surface area contributed by atoms with Crippen LogP contribution in [-0.4, -0.2) is 129 Å². The van der Waals surface area contributed by atoms with Gasteiger partial charge in [-0.1, -0.05) is 96.0 Å². The van der Waals surface area contributed by atoms with E-state index in [4.69, 9.17) is 55.6 Å². The maximum Gasteiger partial charge on any atom is 0.414 e. The molecule has 28 heteroatoms. The number of hydrogen-bond acceptors (Lipinski definition) is 18. The third-order valence-electron chi connectivity index (χ3n) is 10.6. The molecule has 0 unspecified atom stereocenters. The van der Waals surface area contributed by atoms with E-state index in [2.05, 4.69) is 61.8 Å². The van der Waals surface area contributed by atoms with E-state index < -0.39 is 36.1 Å². The Hall–Kier alpha value is -8.52. The van der Waals surface area contributed by atoms with Crippen LogP contribution in [0, 0.1) is 0 Å². The van der Waals surface area contributed by atoms with Crippen molar-refractivity contribution in [2.45, 2.75) is 51.0 Å². The number of benzene rings is 2. The molecule has 2 fully saturated rings. The molecular formula is C44H52Cl2N18O8. The number of nitrogens with two attached hydrogens (primary N) is 4. The monoisotopic (exact) mass is 1030 g/mol. The lowest BCUT2D eigenvalue weighted by molar-refractivity contribution is 0.0961. The summed E-state index contributed by atoms with van der Waals surface area (Å²) in [7, 11) is 0. The molecule has 0 bridgehead atoms. The normalized spacial score (nSPS) is 14.5. The average molecular weight is 1030 g/mol. The van der Waals surface area contributed by atoms with E-state index in [0.717, 1.165) is 11.1 Å². The molecule has 26 nitrogen and oxygen atoms in total. The Labute approximate surface area is 421 Å². The minimum absolute atomic E-state index is 0.0443. The zero-order chi connectivity index (χ0) is 51.6. The zero-order valence-electron chi connectivity index (χ0n) is 38.5. The second kappa shape index (κ2) is 25.9. The van der Waals surface area contributed by atoms with E-state index in [0.29, 0.717) is 51.9 Å². The number of alkyl carbamates (subject to hydrolysis) is 2. The molecule has 14 N–H and O–H groups in total. The predicted octanol–water partition coefficient (Wildman–Crippen LogP) is 2.53. The maximum absolute atomic E-state index is 13.1. The standard InChI is InChI=1S/C44H52Cl2N18O8/c45-31-35(49)57-33(47)29(55-31)37(65)59-39(61-43(69)71-23-25-9-3-1-4-10-25)53-27-13-19-63(20-14-27)41(67)51-17-7-8-18-52-42(68)64-21-15-28(16-22-64)54-40(62-44(70)72-24-26-11-5-2-6-12-26)60-38(66)30-34(48)58-36(50)32(46)56-30/h1-12,27-28H,13-24H2,(H,51,67)(H,52,68)(H4,47,49,57)(H4,48,50,58)(H2,53,59,61,65,69)(H2,54,60,62,66,70). The van der Waals surface area contributed by atoms with Crippen LogP contribution in [0.4, 0.5) is 42.4 Å². The van der Waals surface area contributed by atoms with Crippen molar-refractivity contribution < 1.29 is 38.2 Å².